The van der Waals surface area contributed by atoms with E-state index in [0.717, 1.165) is 15.8 Å². The van der Waals surface area contributed by atoms with E-state index in [-0.39, 0.29) is 5.95 Å². The third-order valence-corrected chi connectivity index (χ3v) is 3.40. The normalized spacial score (nSPS) is 10.5. The van der Waals surface area contributed by atoms with Gasteiger partial charge in [-0.25, -0.2) is 4.68 Å². The van der Waals surface area contributed by atoms with Gasteiger partial charge in [-0.1, -0.05) is 6.07 Å². The second kappa shape index (κ2) is 5.05. The third kappa shape index (κ3) is 2.78. The Morgan fingerprint density at radius 2 is 2.18 bits per heavy atom. The molecule has 1 aromatic carbocycles. The molecule has 2 aromatic rings. The molecule has 0 radical (unpaired) electrons. The minimum absolute atomic E-state index is 0.254. The topological polar surface area (TPSA) is 66.0 Å². The minimum Gasteiger partial charge on any atom is -0.496 e. The quantitative estimate of drug-likeness (QED) is 0.911. The van der Waals surface area contributed by atoms with Gasteiger partial charge < -0.3 is 10.5 Å². The van der Waals surface area contributed by atoms with Crippen LogP contribution < -0.4 is 10.5 Å². The first-order chi connectivity index (χ1) is 8.10. The number of ether oxygens (including phenoxy) is 1. The second-order valence-electron chi connectivity index (χ2n) is 3.37. The van der Waals surface area contributed by atoms with Crippen molar-refractivity contribution in [2.24, 2.45) is 0 Å². The maximum atomic E-state index is 5.51. The van der Waals surface area contributed by atoms with Gasteiger partial charge in [0.2, 0.25) is 5.95 Å². The van der Waals surface area contributed by atoms with E-state index in [1.54, 1.807) is 11.8 Å². The van der Waals surface area contributed by atoms with E-state index < -0.39 is 0 Å². The Morgan fingerprint density at radius 1 is 1.41 bits per heavy atom. The third-order valence-electron chi connectivity index (χ3n) is 2.19. The number of hydrogen-bond acceptors (Lipinski definition) is 4. The molecular weight excluding hydrogens is 352 g/mol. The zero-order valence-corrected chi connectivity index (χ0v) is 12.2. The Bertz CT molecular complexity index is 541. The van der Waals surface area contributed by atoms with E-state index in [1.807, 2.05) is 18.2 Å². The number of nitrogens with zero attached hydrogens (tertiary/aromatic N) is 3. The lowest BCUT2D eigenvalue weighted by Crippen LogP contribution is -2.03. The number of anilines is 1. The van der Waals surface area contributed by atoms with Crippen LogP contribution in [0.1, 0.15) is 5.56 Å². The minimum atomic E-state index is 0.254. The second-order valence-corrected chi connectivity index (χ2v) is 4.93. The lowest BCUT2D eigenvalue weighted by Gasteiger charge is -2.06. The smallest absolute Gasteiger partial charge is 0.240 e. The summed E-state index contributed by atoms with van der Waals surface area (Å²) in [6.07, 6.45) is 0. The first-order valence-corrected chi connectivity index (χ1v) is 6.37. The molecule has 1 heterocycles. The Kier molecular flexibility index (Phi) is 3.68. The molecule has 17 heavy (non-hydrogen) atoms. The molecule has 0 amide bonds. The molecule has 0 saturated heterocycles. The number of rotatable bonds is 3. The van der Waals surface area contributed by atoms with Gasteiger partial charge in [-0.05, 0) is 49.6 Å². The molecule has 7 heteroatoms. The average Bonchev–Trinajstić information content (AvgIpc) is 2.58. The monoisotopic (exact) mass is 360 g/mol. The van der Waals surface area contributed by atoms with Crippen LogP contribution in [0.25, 0.3) is 0 Å². The molecule has 0 aliphatic heterocycles. The highest BCUT2D eigenvalue weighted by atomic mass is 79.9. The Balaban J connectivity index is 2.24. The van der Waals surface area contributed by atoms with E-state index in [2.05, 4.69) is 41.9 Å². The fourth-order valence-corrected chi connectivity index (χ4v) is 2.40. The van der Waals surface area contributed by atoms with E-state index in [0.29, 0.717) is 11.3 Å². The van der Waals surface area contributed by atoms with Gasteiger partial charge in [-0.2, -0.15) is 4.98 Å². The summed E-state index contributed by atoms with van der Waals surface area (Å²) in [5.41, 5.74) is 6.58. The summed E-state index contributed by atoms with van der Waals surface area (Å²) in [4.78, 5) is 3.97. The van der Waals surface area contributed by atoms with Crippen molar-refractivity contribution in [1.82, 2.24) is 14.8 Å². The number of hydrogen-bond donors (Lipinski definition) is 1. The van der Waals surface area contributed by atoms with Gasteiger partial charge >= 0.3 is 0 Å². The van der Waals surface area contributed by atoms with Gasteiger partial charge in [0, 0.05) is 0 Å². The van der Waals surface area contributed by atoms with Gasteiger partial charge in [0.15, 0.2) is 4.73 Å². The summed E-state index contributed by atoms with van der Waals surface area (Å²) in [5.74, 6) is 1.05. The van der Waals surface area contributed by atoms with Crippen LogP contribution in [0.5, 0.6) is 5.75 Å². The fourth-order valence-electron chi connectivity index (χ4n) is 1.42. The molecule has 90 valence electrons. The molecule has 0 atom stereocenters. The van der Waals surface area contributed by atoms with Gasteiger partial charge in [0.05, 0.1) is 18.1 Å². The van der Waals surface area contributed by atoms with Crippen LogP contribution >= 0.6 is 31.9 Å². The highest BCUT2D eigenvalue weighted by molar-refractivity contribution is 9.10. The van der Waals surface area contributed by atoms with Crippen molar-refractivity contribution in [2.45, 2.75) is 6.54 Å². The van der Waals surface area contributed by atoms with Crippen LogP contribution in [0.2, 0.25) is 0 Å². The zero-order valence-electron chi connectivity index (χ0n) is 9.02. The van der Waals surface area contributed by atoms with Crippen LogP contribution in [0.3, 0.4) is 0 Å². The van der Waals surface area contributed by atoms with Crippen molar-refractivity contribution >= 4 is 37.8 Å². The molecule has 0 unspecified atom stereocenters. The SMILES string of the molecule is COc1ccc(Cn2nc(N)nc2Br)cc1Br. The number of aromatic nitrogens is 3. The van der Waals surface area contributed by atoms with Crippen LogP contribution in [-0.4, -0.2) is 21.9 Å². The molecule has 2 rings (SSSR count). The van der Waals surface area contributed by atoms with E-state index in [4.69, 9.17) is 10.5 Å². The van der Waals surface area contributed by atoms with Crippen LogP contribution in [-0.2, 0) is 6.54 Å². The van der Waals surface area contributed by atoms with Crippen molar-refractivity contribution in [2.75, 3.05) is 12.8 Å². The van der Waals surface area contributed by atoms with Gasteiger partial charge in [-0.15, -0.1) is 5.10 Å². The molecular formula is C10H10Br2N4O. The lowest BCUT2D eigenvalue weighted by molar-refractivity contribution is 0.412. The van der Waals surface area contributed by atoms with Crippen molar-refractivity contribution in [1.29, 1.82) is 0 Å². The van der Waals surface area contributed by atoms with Gasteiger partial charge in [0.25, 0.3) is 0 Å². The Morgan fingerprint density at radius 3 is 2.71 bits per heavy atom. The lowest BCUT2D eigenvalue weighted by atomic mass is 10.2. The summed E-state index contributed by atoms with van der Waals surface area (Å²) < 4.78 is 8.37. The summed E-state index contributed by atoms with van der Waals surface area (Å²) in [5, 5.41) is 4.07. The van der Waals surface area contributed by atoms with Crippen molar-refractivity contribution in [3.8, 4) is 5.75 Å². The molecule has 0 saturated carbocycles. The van der Waals surface area contributed by atoms with Crippen LogP contribution in [0.4, 0.5) is 5.95 Å². The largest absolute Gasteiger partial charge is 0.496 e. The summed E-state index contributed by atoms with van der Waals surface area (Å²) >= 11 is 6.73. The first kappa shape index (κ1) is 12.4. The summed E-state index contributed by atoms with van der Waals surface area (Å²) in [6, 6.07) is 5.84. The zero-order chi connectivity index (χ0) is 12.4. The number of nitrogens with two attached hydrogens (primary N) is 1. The molecule has 0 aliphatic rings. The average molecular weight is 362 g/mol. The molecule has 0 fully saturated rings. The van der Waals surface area contributed by atoms with E-state index >= 15 is 0 Å². The highest BCUT2D eigenvalue weighted by Crippen LogP contribution is 2.26. The molecule has 0 bridgehead atoms. The molecule has 0 aliphatic carbocycles. The molecule has 1 aromatic heterocycles. The Hall–Kier alpha value is -1.08. The number of benzene rings is 1. The first-order valence-electron chi connectivity index (χ1n) is 4.78. The van der Waals surface area contributed by atoms with Gasteiger partial charge in [-0.3, -0.25) is 0 Å². The maximum absolute atomic E-state index is 5.51. The number of nitrogen functional groups attached to an aromatic ring is 1. The van der Waals surface area contributed by atoms with Gasteiger partial charge in [0.1, 0.15) is 5.75 Å². The van der Waals surface area contributed by atoms with Crippen LogP contribution in [0.15, 0.2) is 27.4 Å². The van der Waals surface area contributed by atoms with E-state index in [9.17, 15) is 0 Å². The Labute approximate surface area is 115 Å². The number of methoxy groups -OCH3 is 1. The van der Waals surface area contributed by atoms with Crippen molar-refractivity contribution in [3.05, 3.63) is 33.0 Å². The molecule has 0 spiro atoms. The highest BCUT2D eigenvalue weighted by Gasteiger charge is 2.07. The summed E-state index contributed by atoms with van der Waals surface area (Å²) in [7, 11) is 1.63. The number of halogens is 2. The van der Waals surface area contributed by atoms with Crippen molar-refractivity contribution < 1.29 is 4.74 Å². The fraction of sp³-hybridized carbons (Fsp3) is 0.200. The molecule has 5 nitrogen and oxygen atoms in total. The summed E-state index contributed by atoms with van der Waals surface area (Å²) in [6.45, 7) is 0.591. The molecule has 2 N–H and O–H groups in total. The predicted molar refractivity (Wildman–Crippen MR) is 71.9 cm³/mol. The van der Waals surface area contributed by atoms with E-state index in [1.165, 1.54) is 0 Å². The maximum Gasteiger partial charge on any atom is 0.240 e. The van der Waals surface area contributed by atoms with Crippen LogP contribution in [0, 0.1) is 0 Å². The van der Waals surface area contributed by atoms with Crippen molar-refractivity contribution in [3.63, 3.8) is 0 Å². The standard InChI is InChI=1S/C10H10Br2N4O/c1-17-8-3-2-6(4-7(8)11)5-16-9(12)14-10(13)15-16/h2-4H,5H2,1H3,(H2,13,15). The predicted octanol–water partition coefficient (Wildman–Crippen LogP) is 2.44.